The highest BCUT2D eigenvalue weighted by Gasteiger charge is 2.29. The SMILES string of the molecule is CCSc1nc(CC(=O)N2CCCC[C@@H]2CN2CCOCC2)cs1. The first-order valence-electron chi connectivity index (χ1n) is 8.93. The van der Waals surface area contributed by atoms with Crippen LogP contribution in [0.4, 0.5) is 0 Å². The van der Waals surface area contributed by atoms with E-state index in [1.54, 1.807) is 23.1 Å². The van der Waals surface area contributed by atoms with Gasteiger partial charge in [0.1, 0.15) is 4.34 Å². The minimum atomic E-state index is 0.242. The first kappa shape index (κ1) is 18.2. The van der Waals surface area contributed by atoms with Crippen molar-refractivity contribution in [2.75, 3.05) is 45.1 Å². The number of thiazole rings is 1. The summed E-state index contributed by atoms with van der Waals surface area (Å²) < 4.78 is 6.51. The van der Waals surface area contributed by atoms with Crippen LogP contribution in [0.15, 0.2) is 9.72 Å². The van der Waals surface area contributed by atoms with Crippen molar-refractivity contribution in [3.63, 3.8) is 0 Å². The molecule has 1 amide bonds. The molecule has 0 aromatic carbocycles. The molecule has 0 aliphatic carbocycles. The molecule has 3 rings (SSSR count). The Bertz CT molecular complexity index is 532. The summed E-state index contributed by atoms with van der Waals surface area (Å²) in [6.45, 7) is 7.62. The highest BCUT2D eigenvalue weighted by Crippen LogP contribution is 2.24. The van der Waals surface area contributed by atoms with Crippen molar-refractivity contribution in [3.8, 4) is 0 Å². The zero-order valence-corrected chi connectivity index (χ0v) is 16.0. The molecule has 0 bridgehead atoms. The predicted octanol–water partition coefficient (Wildman–Crippen LogP) is 2.51. The molecule has 5 nitrogen and oxygen atoms in total. The Balaban J connectivity index is 1.57. The van der Waals surface area contributed by atoms with E-state index in [1.165, 1.54) is 6.42 Å². The second-order valence-corrected chi connectivity index (χ2v) is 8.73. The summed E-state index contributed by atoms with van der Waals surface area (Å²) >= 11 is 3.40. The van der Waals surface area contributed by atoms with Gasteiger partial charge in [-0.05, 0) is 25.0 Å². The molecule has 1 aromatic heterocycles. The number of amides is 1. The number of rotatable bonds is 6. The van der Waals surface area contributed by atoms with Gasteiger partial charge in [0.05, 0.1) is 25.3 Å². The van der Waals surface area contributed by atoms with Gasteiger partial charge in [-0.25, -0.2) is 4.98 Å². The van der Waals surface area contributed by atoms with E-state index in [2.05, 4.69) is 21.7 Å². The zero-order chi connectivity index (χ0) is 16.8. The van der Waals surface area contributed by atoms with Crippen LogP contribution >= 0.6 is 23.1 Å². The van der Waals surface area contributed by atoms with Gasteiger partial charge in [0.2, 0.25) is 5.91 Å². The fourth-order valence-electron chi connectivity index (χ4n) is 3.42. The molecule has 3 heterocycles. The number of piperidine rings is 1. The highest BCUT2D eigenvalue weighted by molar-refractivity contribution is 8.00. The molecule has 134 valence electrons. The van der Waals surface area contributed by atoms with E-state index in [9.17, 15) is 4.79 Å². The van der Waals surface area contributed by atoms with Crippen LogP contribution in [0, 0.1) is 0 Å². The van der Waals surface area contributed by atoms with Gasteiger partial charge in [-0.15, -0.1) is 11.3 Å². The third kappa shape index (κ3) is 4.94. The molecule has 0 N–H and O–H groups in total. The Kier molecular flexibility index (Phi) is 6.95. The number of thioether (sulfide) groups is 1. The first-order chi connectivity index (χ1) is 11.8. The molecule has 0 radical (unpaired) electrons. The lowest BCUT2D eigenvalue weighted by molar-refractivity contribution is -0.135. The van der Waals surface area contributed by atoms with Crippen molar-refractivity contribution in [3.05, 3.63) is 11.1 Å². The summed E-state index contributed by atoms with van der Waals surface area (Å²) in [6, 6.07) is 0.354. The van der Waals surface area contributed by atoms with E-state index in [0.29, 0.717) is 12.5 Å². The summed E-state index contributed by atoms with van der Waals surface area (Å²) in [7, 11) is 0. The summed E-state index contributed by atoms with van der Waals surface area (Å²) in [5.41, 5.74) is 0.927. The van der Waals surface area contributed by atoms with Crippen LogP contribution in [0.1, 0.15) is 31.9 Å². The average molecular weight is 370 g/mol. The van der Waals surface area contributed by atoms with Crippen LogP contribution in [-0.4, -0.2) is 71.9 Å². The van der Waals surface area contributed by atoms with Gasteiger partial charge in [0.15, 0.2) is 0 Å². The molecule has 7 heteroatoms. The molecular formula is C17H27N3O2S2. The van der Waals surface area contributed by atoms with Gasteiger partial charge in [0.25, 0.3) is 0 Å². The van der Waals surface area contributed by atoms with Crippen LogP contribution in [0.5, 0.6) is 0 Å². The standard InChI is InChI=1S/C17H27N3O2S2/c1-2-23-17-18-14(13-24-17)11-16(21)20-6-4-3-5-15(20)12-19-7-9-22-10-8-19/h13,15H,2-12H2,1H3/t15-/m1/s1. The van der Waals surface area contributed by atoms with Crippen LogP contribution < -0.4 is 0 Å². The van der Waals surface area contributed by atoms with Crippen molar-refractivity contribution in [1.82, 2.24) is 14.8 Å². The Hall–Kier alpha value is -0.630. The van der Waals surface area contributed by atoms with Gasteiger partial charge in [-0.1, -0.05) is 18.7 Å². The lowest BCUT2D eigenvalue weighted by Crippen LogP contribution is -2.51. The molecular weight excluding hydrogens is 342 g/mol. The fraction of sp³-hybridized carbons (Fsp3) is 0.765. The molecule has 0 unspecified atom stereocenters. The lowest BCUT2D eigenvalue weighted by Gasteiger charge is -2.39. The molecule has 0 saturated carbocycles. The van der Waals surface area contributed by atoms with Crippen molar-refractivity contribution in [2.24, 2.45) is 0 Å². The second-order valence-electron chi connectivity index (χ2n) is 6.36. The number of hydrogen-bond acceptors (Lipinski definition) is 6. The van der Waals surface area contributed by atoms with E-state index < -0.39 is 0 Å². The van der Waals surface area contributed by atoms with E-state index in [4.69, 9.17) is 4.74 Å². The number of nitrogens with zero attached hydrogens (tertiary/aromatic N) is 3. The maximum Gasteiger partial charge on any atom is 0.228 e. The van der Waals surface area contributed by atoms with Gasteiger partial charge in [-0.3, -0.25) is 9.69 Å². The Morgan fingerprint density at radius 3 is 3.00 bits per heavy atom. The van der Waals surface area contributed by atoms with Crippen LogP contribution in [0.3, 0.4) is 0 Å². The summed E-state index contributed by atoms with van der Waals surface area (Å²) in [5.74, 6) is 1.26. The molecule has 24 heavy (non-hydrogen) atoms. The van der Waals surface area contributed by atoms with Crippen LogP contribution in [0.25, 0.3) is 0 Å². The molecule has 2 aliphatic heterocycles. The first-order valence-corrected chi connectivity index (χ1v) is 10.8. The zero-order valence-electron chi connectivity index (χ0n) is 14.4. The normalized spacial score (nSPS) is 22.7. The Labute approximate surface area is 152 Å². The Morgan fingerprint density at radius 2 is 2.21 bits per heavy atom. The highest BCUT2D eigenvalue weighted by atomic mass is 32.2. The van der Waals surface area contributed by atoms with E-state index in [1.807, 2.05) is 5.38 Å². The summed E-state index contributed by atoms with van der Waals surface area (Å²) in [6.07, 6.45) is 3.92. The number of carbonyl (C=O) groups is 1. The number of hydrogen-bond donors (Lipinski definition) is 0. The second kappa shape index (κ2) is 9.17. The summed E-state index contributed by atoms with van der Waals surface area (Å²) in [5, 5.41) is 2.04. The number of carbonyl (C=O) groups excluding carboxylic acids is 1. The van der Waals surface area contributed by atoms with E-state index >= 15 is 0 Å². The van der Waals surface area contributed by atoms with Crippen molar-refractivity contribution in [1.29, 1.82) is 0 Å². The third-order valence-corrected chi connectivity index (χ3v) is 6.60. The van der Waals surface area contributed by atoms with Gasteiger partial charge >= 0.3 is 0 Å². The predicted molar refractivity (Wildman–Crippen MR) is 98.8 cm³/mol. The van der Waals surface area contributed by atoms with Gasteiger partial charge < -0.3 is 9.64 Å². The molecule has 2 saturated heterocycles. The molecule has 2 aliphatic rings. The van der Waals surface area contributed by atoms with Crippen molar-refractivity contribution < 1.29 is 9.53 Å². The lowest BCUT2D eigenvalue weighted by atomic mass is 10.0. The van der Waals surface area contributed by atoms with E-state index in [-0.39, 0.29) is 5.91 Å². The maximum atomic E-state index is 12.8. The monoisotopic (exact) mass is 369 g/mol. The fourth-order valence-corrected chi connectivity index (χ4v) is 5.16. The number of aromatic nitrogens is 1. The van der Waals surface area contributed by atoms with Crippen molar-refractivity contribution in [2.45, 2.75) is 43.0 Å². The van der Waals surface area contributed by atoms with E-state index in [0.717, 1.165) is 68.0 Å². The number of morpholine rings is 1. The third-order valence-electron chi connectivity index (χ3n) is 4.65. The Morgan fingerprint density at radius 1 is 1.38 bits per heavy atom. The van der Waals surface area contributed by atoms with Crippen LogP contribution in [-0.2, 0) is 16.0 Å². The quantitative estimate of drug-likeness (QED) is 0.721. The smallest absolute Gasteiger partial charge is 0.228 e. The van der Waals surface area contributed by atoms with Gasteiger partial charge in [0, 0.05) is 37.6 Å². The average Bonchev–Trinajstić information content (AvgIpc) is 3.03. The van der Waals surface area contributed by atoms with Crippen LogP contribution in [0.2, 0.25) is 0 Å². The maximum absolute atomic E-state index is 12.8. The molecule has 1 atom stereocenters. The molecule has 2 fully saturated rings. The topological polar surface area (TPSA) is 45.7 Å². The van der Waals surface area contributed by atoms with Crippen molar-refractivity contribution >= 4 is 29.0 Å². The molecule has 0 spiro atoms. The largest absolute Gasteiger partial charge is 0.379 e. The molecule has 1 aromatic rings. The number of likely N-dealkylation sites (tertiary alicyclic amines) is 1. The van der Waals surface area contributed by atoms with Gasteiger partial charge in [-0.2, -0.15) is 0 Å². The number of ether oxygens (including phenoxy) is 1. The minimum Gasteiger partial charge on any atom is -0.379 e. The summed E-state index contributed by atoms with van der Waals surface area (Å²) in [4.78, 5) is 22.0. The minimum absolute atomic E-state index is 0.242.